The van der Waals surface area contributed by atoms with Gasteiger partial charge in [-0.2, -0.15) is 0 Å². The molecule has 8 nitrogen and oxygen atoms in total. The molecule has 0 aromatic heterocycles. The number of primary amides is 1. The predicted molar refractivity (Wildman–Crippen MR) is 65.3 cm³/mol. The highest BCUT2D eigenvalue weighted by molar-refractivity contribution is 5.79. The van der Waals surface area contributed by atoms with Gasteiger partial charge in [-0.15, -0.1) is 0 Å². The molecule has 1 saturated heterocycles. The predicted octanol–water partition coefficient (Wildman–Crippen LogP) is -1.01. The van der Waals surface area contributed by atoms with Crippen LogP contribution in [0.15, 0.2) is 0 Å². The normalized spacial score (nSPS) is 23.7. The number of rotatable bonds is 5. The molecule has 108 valence electrons. The summed E-state index contributed by atoms with van der Waals surface area (Å²) in [7, 11) is 1.50. The molecule has 0 aromatic rings. The molecule has 0 saturated carbocycles. The van der Waals surface area contributed by atoms with Crippen molar-refractivity contribution < 1.29 is 24.2 Å². The van der Waals surface area contributed by atoms with Crippen molar-refractivity contribution in [2.75, 3.05) is 20.3 Å². The molecule has 19 heavy (non-hydrogen) atoms. The second-order valence-corrected chi connectivity index (χ2v) is 4.68. The van der Waals surface area contributed by atoms with E-state index in [9.17, 15) is 14.4 Å². The number of carboxylic acid groups (broad SMARTS) is 1. The molecule has 1 rings (SSSR count). The summed E-state index contributed by atoms with van der Waals surface area (Å²) in [5.74, 6) is -2.24. The number of hydrogen-bond donors (Lipinski definition) is 3. The van der Waals surface area contributed by atoms with E-state index in [1.165, 1.54) is 11.9 Å². The van der Waals surface area contributed by atoms with E-state index in [2.05, 4.69) is 5.32 Å². The van der Waals surface area contributed by atoms with E-state index in [1.54, 1.807) is 6.92 Å². The average Bonchev–Trinajstić information content (AvgIpc) is 2.75. The van der Waals surface area contributed by atoms with E-state index in [-0.39, 0.29) is 19.6 Å². The summed E-state index contributed by atoms with van der Waals surface area (Å²) in [6.07, 6.45) is 0.0309. The fraction of sp³-hybridized carbons (Fsp3) is 0.727. The lowest BCUT2D eigenvalue weighted by Crippen LogP contribution is -2.50. The number of aliphatic carboxylic acids is 1. The summed E-state index contributed by atoms with van der Waals surface area (Å²) in [6, 6.07) is -1.37. The first-order valence-electron chi connectivity index (χ1n) is 5.95. The Hall–Kier alpha value is -1.83. The van der Waals surface area contributed by atoms with Crippen molar-refractivity contribution in [2.45, 2.75) is 25.4 Å². The Labute approximate surface area is 110 Å². The first kappa shape index (κ1) is 15.2. The number of nitrogens with zero attached hydrogens (tertiary/aromatic N) is 1. The third-order valence-electron chi connectivity index (χ3n) is 3.06. The molecule has 0 radical (unpaired) electrons. The Bertz CT molecular complexity index is 373. The molecule has 3 amide bonds. The number of ether oxygens (including phenoxy) is 1. The van der Waals surface area contributed by atoms with Crippen molar-refractivity contribution >= 4 is 17.9 Å². The van der Waals surface area contributed by atoms with Crippen molar-refractivity contribution in [1.29, 1.82) is 0 Å². The Kier molecular flexibility index (Phi) is 5.11. The van der Waals surface area contributed by atoms with Gasteiger partial charge in [0.15, 0.2) is 0 Å². The SMILES string of the molecule is CC(CC(N)=O)NC(=O)N(C)C1COCC1C(=O)O. The maximum atomic E-state index is 11.9. The zero-order chi connectivity index (χ0) is 14.6. The maximum absolute atomic E-state index is 11.9. The van der Waals surface area contributed by atoms with Crippen LogP contribution in [0.2, 0.25) is 0 Å². The van der Waals surface area contributed by atoms with E-state index in [4.69, 9.17) is 15.6 Å². The molecular weight excluding hydrogens is 254 g/mol. The first-order chi connectivity index (χ1) is 8.82. The first-order valence-corrected chi connectivity index (χ1v) is 5.95. The van der Waals surface area contributed by atoms with E-state index in [0.29, 0.717) is 0 Å². The summed E-state index contributed by atoms with van der Waals surface area (Å²) in [4.78, 5) is 34.9. The highest BCUT2D eigenvalue weighted by Crippen LogP contribution is 2.19. The average molecular weight is 273 g/mol. The smallest absolute Gasteiger partial charge is 0.317 e. The second-order valence-electron chi connectivity index (χ2n) is 4.68. The number of carbonyl (C=O) groups is 3. The van der Waals surface area contributed by atoms with Crippen LogP contribution in [0.3, 0.4) is 0 Å². The minimum Gasteiger partial charge on any atom is -0.481 e. The van der Waals surface area contributed by atoms with Crippen molar-refractivity contribution in [3.8, 4) is 0 Å². The van der Waals surface area contributed by atoms with Crippen LogP contribution in [0.4, 0.5) is 4.79 Å². The molecule has 1 aliphatic rings. The van der Waals surface area contributed by atoms with Gasteiger partial charge in [-0.3, -0.25) is 9.59 Å². The molecule has 1 fully saturated rings. The standard InChI is InChI=1S/C11H19N3O5/c1-6(3-9(12)15)13-11(18)14(2)8-5-19-4-7(8)10(16)17/h6-8H,3-5H2,1-2H3,(H2,12,15)(H,13,18)(H,16,17). The van der Waals surface area contributed by atoms with Crippen LogP contribution in [-0.4, -0.2) is 60.3 Å². The van der Waals surface area contributed by atoms with Crippen LogP contribution in [0, 0.1) is 5.92 Å². The van der Waals surface area contributed by atoms with E-state index in [0.717, 1.165) is 0 Å². The molecule has 0 bridgehead atoms. The number of amides is 3. The van der Waals surface area contributed by atoms with Crippen LogP contribution >= 0.6 is 0 Å². The third kappa shape index (κ3) is 4.09. The highest BCUT2D eigenvalue weighted by atomic mass is 16.5. The number of likely N-dealkylation sites (N-methyl/N-ethyl adjacent to an activating group) is 1. The van der Waals surface area contributed by atoms with Crippen LogP contribution in [0.25, 0.3) is 0 Å². The van der Waals surface area contributed by atoms with Crippen LogP contribution in [0.1, 0.15) is 13.3 Å². The Morgan fingerprint density at radius 3 is 2.63 bits per heavy atom. The number of nitrogens with two attached hydrogens (primary N) is 1. The maximum Gasteiger partial charge on any atom is 0.317 e. The summed E-state index contributed by atoms with van der Waals surface area (Å²) in [6.45, 7) is 1.93. The van der Waals surface area contributed by atoms with Gasteiger partial charge in [0, 0.05) is 19.5 Å². The molecule has 0 aromatic carbocycles. The summed E-state index contributed by atoms with van der Waals surface area (Å²) >= 11 is 0. The van der Waals surface area contributed by atoms with Gasteiger partial charge < -0.3 is 25.8 Å². The Morgan fingerprint density at radius 2 is 2.11 bits per heavy atom. The lowest BCUT2D eigenvalue weighted by molar-refractivity contribution is -0.142. The molecule has 4 N–H and O–H groups in total. The minimum absolute atomic E-state index is 0.0309. The van der Waals surface area contributed by atoms with E-state index >= 15 is 0 Å². The van der Waals surface area contributed by atoms with Crippen molar-refractivity contribution in [3.05, 3.63) is 0 Å². The third-order valence-corrected chi connectivity index (χ3v) is 3.06. The molecule has 3 unspecified atom stereocenters. The lowest BCUT2D eigenvalue weighted by atomic mass is 10.0. The largest absolute Gasteiger partial charge is 0.481 e. The quantitative estimate of drug-likeness (QED) is 0.592. The molecule has 1 aliphatic heterocycles. The van der Waals surface area contributed by atoms with Gasteiger partial charge in [0.2, 0.25) is 5.91 Å². The van der Waals surface area contributed by atoms with Gasteiger partial charge in [0.05, 0.1) is 19.3 Å². The van der Waals surface area contributed by atoms with Gasteiger partial charge in [-0.05, 0) is 6.92 Å². The molecule has 8 heteroatoms. The van der Waals surface area contributed by atoms with Gasteiger partial charge >= 0.3 is 12.0 Å². The second kappa shape index (κ2) is 6.37. The summed E-state index contributed by atoms with van der Waals surface area (Å²) < 4.78 is 5.10. The van der Waals surface area contributed by atoms with Gasteiger partial charge in [-0.1, -0.05) is 0 Å². The van der Waals surface area contributed by atoms with Crippen LogP contribution < -0.4 is 11.1 Å². The van der Waals surface area contributed by atoms with Crippen LogP contribution in [0.5, 0.6) is 0 Å². The topological polar surface area (TPSA) is 122 Å². The lowest BCUT2D eigenvalue weighted by Gasteiger charge is -2.27. The fourth-order valence-corrected chi connectivity index (χ4v) is 1.98. The summed E-state index contributed by atoms with van der Waals surface area (Å²) in [5, 5.41) is 11.6. The Morgan fingerprint density at radius 1 is 1.47 bits per heavy atom. The van der Waals surface area contributed by atoms with Gasteiger partial charge in [0.1, 0.15) is 5.92 Å². The van der Waals surface area contributed by atoms with E-state index in [1.807, 2.05) is 0 Å². The number of carboxylic acids is 1. The molecule has 0 aliphatic carbocycles. The van der Waals surface area contributed by atoms with Crippen molar-refractivity contribution in [3.63, 3.8) is 0 Å². The summed E-state index contributed by atoms with van der Waals surface area (Å²) in [5.41, 5.74) is 5.03. The minimum atomic E-state index is -0.993. The molecule has 0 spiro atoms. The van der Waals surface area contributed by atoms with Crippen molar-refractivity contribution in [1.82, 2.24) is 10.2 Å². The number of carbonyl (C=O) groups excluding carboxylic acids is 2. The van der Waals surface area contributed by atoms with Crippen LogP contribution in [-0.2, 0) is 14.3 Å². The van der Waals surface area contributed by atoms with Crippen molar-refractivity contribution in [2.24, 2.45) is 11.7 Å². The number of urea groups is 1. The zero-order valence-corrected chi connectivity index (χ0v) is 11.0. The Balaban J connectivity index is 2.56. The highest BCUT2D eigenvalue weighted by Gasteiger charge is 2.38. The zero-order valence-electron chi connectivity index (χ0n) is 11.0. The fourth-order valence-electron chi connectivity index (χ4n) is 1.98. The molecular formula is C11H19N3O5. The van der Waals surface area contributed by atoms with Gasteiger partial charge in [0.25, 0.3) is 0 Å². The monoisotopic (exact) mass is 273 g/mol. The number of nitrogens with one attached hydrogen (secondary N) is 1. The number of hydrogen-bond acceptors (Lipinski definition) is 4. The molecule has 3 atom stereocenters. The molecule has 1 heterocycles. The van der Waals surface area contributed by atoms with E-state index < -0.39 is 35.9 Å². The van der Waals surface area contributed by atoms with Gasteiger partial charge in [-0.25, -0.2) is 4.79 Å².